The molecular weight excluding hydrogens is 556 g/mol. The molecule has 0 unspecified atom stereocenters. The van der Waals surface area contributed by atoms with Gasteiger partial charge >= 0.3 is 5.97 Å². The molecule has 1 heterocycles. The van der Waals surface area contributed by atoms with Crippen LogP contribution < -0.4 is 11.1 Å². The van der Waals surface area contributed by atoms with Gasteiger partial charge in [0, 0.05) is 22.0 Å². The molecule has 0 aromatic heterocycles. The Balaban J connectivity index is 2.23. The molecule has 2 aromatic rings. The van der Waals surface area contributed by atoms with Crippen LogP contribution in [-0.4, -0.2) is 41.8 Å². The second kappa shape index (κ2) is 11.8. The molecule has 1 aliphatic rings. The van der Waals surface area contributed by atoms with Crippen molar-refractivity contribution in [2.75, 3.05) is 6.61 Å². The maximum atomic E-state index is 15.6. The van der Waals surface area contributed by atoms with Gasteiger partial charge in [-0.2, -0.15) is 5.26 Å². The second-order valence-corrected chi connectivity index (χ2v) is 11.9. The summed E-state index contributed by atoms with van der Waals surface area (Å²) in [6, 6.07) is 9.48. The van der Waals surface area contributed by atoms with Crippen molar-refractivity contribution in [2.45, 2.75) is 63.1 Å². The van der Waals surface area contributed by atoms with Crippen molar-refractivity contribution in [3.05, 3.63) is 68.4 Å². The van der Waals surface area contributed by atoms with Crippen LogP contribution in [0.15, 0.2) is 36.4 Å². The number of nitriles is 1. The van der Waals surface area contributed by atoms with Gasteiger partial charge in [-0.05, 0) is 41.2 Å². The number of amides is 1. The van der Waals surface area contributed by atoms with E-state index in [0.29, 0.717) is 17.0 Å². The topological polar surface area (TPSA) is 125 Å². The first-order chi connectivity index (χ1) is 17.7. The lowest BCUT2D eigenvalue weighted by Crippen LogP contribution is -2.44. The number of nitrogens with zero attached hydrogens (tertiary/aromatic N) is 1. The van der Waals surface area contributed by atoms with E-state index in [-0.39, 0.29) is 21.0 Å². The minimum Gasteiger partial charge on any atom is -0.462 e. The largest absolute Gasteiger partial charge is 0.462 e. The zero-order chi connectivity index (χ0) is 28.4. The molecule has 4 N–H and O–H groups in total. The third-order valence-electron chi connectivity index (χ3n) is 6.56. The average Bonchev–Trinajstić information content (AvgIpc) is 3.11. The van der Waals surface area contributed by atoms with E-state index in [9.17, 15) is 20.0 Å². The van der Waals surface area contributed by atoms with Gasteiger partial charge in [0.05, 0.1) is 23.6 Å². The van der Waals surface area contributed by atoms with Gasteiger partial charge < -0.3 is 15.6 Å². The highest BCUT2D eigenvalue weighted by atomic mass is 35.5. The Morgan fingerprint density at radius 2 is 1.92 bits per heavy atom. The first kappa shape index (κ1) is 30.1. The Morgan fingerprint density at radius 3 is 2.50 bits per heavy atom. The van der Waals surface area contributed by atoms with Crippen LogP contribution in [0.4, 0.5) is 4.39 Å². The van der Waals surface area contributed by atoms with Crippen LogP contribution >= 0.6 is 34.8 Å². The Kier molecular flexibility index (Phi) is 9.33. The number of halogens is 4. The highest BCUT2D eigenvalue weighted by molar-refractivity contribution is 6.35. The molecule has 0 bridgehead atoms. The third-order valence-corrected chi connectivity index (χ3v) is 7.40. The van der Waals surface area contributed by atoms with Crippen molar-refractivity contribution in [3.8, 4) is 6.07 Å². The van der Waals surface area contributed by atoms with Crippen molar-refractivity contribution in [3.63, 3.8) is 0 Å². The number of esters is 1. The number of hydrogen-bond donors (Lipinski definition) is 3. The third kappa shape index (κ3) is 6.24. The predicted octanol–water partition coefficient (Wildman–Crippen LogP) is 4.89. The molecule has 0 radical (unpaired) electrons. The summed E-state index contributed by atoms with van der Waals surface area (Å²) >= 11 is 18.9. The Labute approximate surface area is 236 Å². The molecule has 204 valence electrons. The fourth-order valence-corrected chi connectivity index (χ4v) is 5.84. The minimum atomic E-state index is -1.56. The highest BCUT2D eigenvalue weighted by Gasteiger charge is 2.61. The summed E-state index contributed by atoms with van der Waals surface area (Å²) in [5, 5.41) is 24.4. The van der Waals surface area contributed by atoms with Gasteiger partial charge in [-0.3, -0.25) is 14.9 Å². The summed E-state index contributed by atoms with van der Waals surface area (Å²) < 4.78 is 20.9. The summed E-state index contributed by atoms with van der Waals surface area (Å²) in [5.74, 6) is -3.54. The molecule has 11 heteroatoms. The van der Waals surface area contributed by atoms with Gasteiger partial charge in [-0.25, -0.2) is 4.39 Å². The summed E-state index contributed by atoms with van der Waals surface area (Å²) in [6.45, 7) is 5.40. The Morgan fingerprint density at radius 1 is 1.24 bits per heavy atom. The molecule has 38 heavy (non-hydrogen) atoms. The maximum absolute atomic E-state index is 15.6. The zero-order valence-corrected chi connectivity index (χ0v) is 23.4. The molecule has 1 fully saturated rings. The van der Waals surface area contributed by atoms with Crippen molar-refractivity contribution < 1.29 is 23.8 Å². The molecule has 5 atom stereocenters. The van der Waals surface area contributed by atoms with E-state index in [1.165, 1.54) is 24.3 Å². The van der Waals surface area contributed by atoms with Crippen molar-refractivity contribution in [2.24, 2.45) is 11.1 Å². The summed E-state index contributed by atoms with van der Waals surface area (Å²) in [6.07, 6.45) is -1.34. The smallest absolute Gasteiger partial charge is 0.323 e. The van der Waals surface area contributed by atoms with Crippen molar-refractivity contribution >= 4 is 46.7 Å². The van der Waals surface area contributed by atoms with E-state index < -0.39 is 60.2 Å². The molecule has 1 amide bonds. The lowest BCUT2D eigenvalue weighted by atomic mass is 9.63. The van der Waals surface area contributed by atoms with Crippen LogP contribution in [0.5, 0.6) is 0 Å². The van der Waals surface area contributed by atoms with E-state index in [0.717, 1.165) is 0 Å². The van der Waals surface area contributed by atoms with Crippen LogP contribution in [0, 0.1) is 22.6 Å². The molecule has 2 aromatic carbocycles. The standard InChI is InChI=1S/C27H29Cl3FN3O4/c1-26(2,3)11-20-27(13-32,17-8-7-14(28)9-19(17)30)22(16-5-4-6-18(29)23(16)31)24(34-20)25(37)38-12-15(35)10-21(33)36/h4-9,15,20,22,24,34-35H,10-12H2,1-3H3,(H2,33,36)/t15-,20-,22-,24+,27-/m0/s1. The quantitative estimate of drug-likeness (QED) is 0.380. The Bertz CT molecular complexity index is 1260. The van der Waals surface area contributed by atoms with E-state index in [2.05, 4.69) is 11.4 Å². The number of rotatable bonds is 8. The van der Waals surface area contributed by atoms with Gasteiger partial charge in [0.2, 0.25) is 5.91 Å². The summed E-state index contributed by atoms with van der Waals surface area (Å²) in [4.78, 5) is 24.6. The van der Waals surface area contributed by atoms with Crippen LogP contribution in [0.3, 0.4) is 0 Å². The lowest BCUT2D eigenvalue weighted by molar-refractivity contribution is -0.150. The lowest BCUT2D eigenvalue weighted by Gasteiger charge is -2.37. The molecule has 3 rings (SSSR count). The number of nitrogens with one attached hydrogen (secondary N) is 1. The molecule has 7 nitrogen and oxygen atoms in total. The molecule has 0 aliphatic carbocycles. The summed E-state index contributed by atoms with van der Waals surface area (Å²) in [7, 11) is 0. The van der Waals surface area contributed by atoms with Crippen LogP contribution in [0.2, 0.25) is 15.1 Å². The first-order valence-electron chi connectivity index (χ1n) is 11.9. The fourth-order valence-electron chi connectivity index (χ4n) is 5.09. The molecule has 0 saturated carbocycles. The van der Waals surface area contributed by atoms with Gasteiger partial charge in [0.1, 0.15) is 23.9 Å². The number of ether oxygens (including phenoxy) is 1. The van der Waals surface area contributed by atoms with Gasteiger partial charge in [0.15, 0.2) is 0 Å². The van der Waals surface area contributed by atoms with Crippen molar-refractivity contribution in [1.82, 2.24) is 5.32 Å². The van der Waals surface area contributed by atoms with Crippen molar-refractivity contribution in [1.29, 1.82) is 5.26 Å². The zero-order valence-electron chi connectivity index (χ0n) is 21.1. The predicted molar refractivity (Wildman–Crippen MR) is 143 cm³/mol. The number of hydrogen-bond acceptors (Lipinski definition) is 6. The van der Waals surface area contributed by atoms with Gasteiger partial charge in [-0.1, -0.05) is 73.8 Å². The molecule has 0 spiro atoms. The number of benzene rings is 2. The number of carbonyl (C=O) groups excluding carboxylic acids is 2. The fraction of sp³-hybridized carbons (Fsp3) is 0.444. The van der Waals surface area contributed by atoms with E-state index in [4.69, 9.17) is 45.3 Å². The highest BCUT2D eigenvalue weighted by Crippen LogP contribution is 2.53. The van der Waals surface area contributed by atoms with Gasteiger partial charge in [-0.15, -0.1) is 0 Å². The van der Waals surface area contributed by atoms with Crippen LogP contribution in [-0.2, 0) is 19.7 Å². The monoisotopic (exact) mass is 583 g/mol. The first-order valence-corrected chi connectivity index (χ1v) is 13.0. The number of primary amides is 1. The number of aliphatic hydroxyl groups excluding tert-OH is 1. The van der Waals surface area contributed by atoms with E-state index in [1.807, 2.05) is 20.8 Å². The van der Waals surface area contributed by atoms with Gasteiger partial charge in [0.25, 0.3) is 0 Å². The Hall–Kier alpha value is -2.41. The van der Waals surface area contributed by atoms with Crippen LogP contribution in [0.25, 0.3) is 0 Å². The number of carbonyl (C=O) groups is 2. The normalized spacial score (nSPS) is 24.0. The molecule has 1 aliphatic heterocycles. The number of aliphatic hydroxyl groups is 1. The molecular formula is C27H29Cl3FN3O4. The minimum absolute atomic E-state index is 0.0219. The average molecular weight is 585 g/mol. The second-order valence-electron chi connectivity index (χ2n) is 10.6. The molecule has 1 saturated heterocycles. The SMILES string of the molecule is CC(C)(C)C[C@@H]1N[C@@H](C(=O)OC[C@@H](O)CC(N)=O)[C@H](c2cccc(Cl)c2F)[C@@]1(C#N)c1ccc(Cl)cc1Cl. The maximum Gasteiger partial charge on any atom is 0.323 e. The summed E-state index contributed by atoms with van der Waals surface area (Å²) in [5.41, 5.74) is 3.60. The van der Waals surface area contributed by atoms with Crippen LogP contribution in [0.1, 0.15) is 50.7 Å². The van der Waals surface area contributed by atoms with E-state index in [1.54, 1.807) is 12.1 Å². The van der Waals surface area contributed by atoms with E-state index >= 15 is 4.39 Å². The number of nitrogens with two attached hydrogens (primary N) is 1.